The van der Waals surface area contributed by atoms with Crippen LogP contribution in [0.3, 0.4) is 0 Å². The summed E-state index contributed by atoms with van der Waals surface area (Å²) in [4.78, 5) is 0. The third-order valence-corrected chi connectivity index (χ3v) is 0.922. The fraction of sp³-hybridized carbons (Fsp3) is 0.143. The molecular weight excluding hydrogens is 330 g/mol. The van der Waals surface area contributed by atoms with E-state index in [-0.39, 0.29) is 49.9 Å². The molecule has 0 aromatic heterocycles. The summed E-state index contributed by atoms with van der Waals surface area (Å²) in [5, 5.41) is 0. The van der Waals surface area contributed by atoms with Gasteiger partial charge in [-0.05, 0) is 0 Å². The first-order chi connectivity index (χ1) is 3.79. The van der Waals surface area contributed by atoms with Crippen LogP contribution in [0.2, 0.25) is 0 Å². The molecule has 0 nitrogen and oxygen atoms in total. The Kier molecular flexibility index (Phi) is 4.70. The monoisotopic (exact) mass is 336 g/mol. The van der Waals surface area contributed by atoms with Crippen LogP contribution in [-0.4, -0.2) is 0 Å². The average molecular weight is 336 g/mol. The van der Waals surface area contributed by atoms with Gasteiger partial charge in [-0.15, -0.1) is 12.1 Å². The molecule has 1 rings (SSSR count). The summed E-state index contributed by atoms with van der Waals surface area (Å²) in [6.45, 7) is 1.84. The van der Waals surface area contributed by atoms with E-state index in [1.807, 2.05) is 13.0 Å². The molecule has 0 aliphatic heterocycles. The third-order valence-electron chi connectivity index (χ3n) is 0.922. The van der Waals surface area contributed by atoms with Crippen LogP contribution in [0.1, 0.15) is 5.56 Å². The molecule has 1 radical (unpaired) electrons. The normalized spacial score (nSPS) is 8.22. The summed E-state index contributed by atoms with van der Waals surface area (Å²) < 4.78 is 12.1. The molecule has 1 aromatic rings. The first-order valence-electron chi connectivity index (χ1n) is 2.43. The van der Waals surface area contributed by atoms with Gasteiger partial charge in [0.25, 0.3) is 0 Å². The van der Waals surface area contributed by atoms with E-state index in [0.29, 0.717) is 0 Å². The van der Waals surface area contributed by atoms with Gasteiger partial charge in [0.05, 0.1) is 0 Å². The minimum Gasteiger partial charge on any atom is -0.236 e. The molecule has 0 N–H and O–H groups in total. The fourth-order valence-electron chi connectivity index (χ4n) is 0.542. The van der Waals surface area contributed by atoms with E-state index in [9.17, 15) is 4.39 Å². The van der Waals surface area contributed by atoms with Crippen molar-refractivity contribution in [2.75, 3.05) is 0 Å². The maximum atomic E-state index is 12.1. The second-order valence-electron chi connectivity index (χ2n) is 1.71. The average Bonchev–Trinajstić information content (AvgIpc) is 1.64. The predicted molar refractivity (Wildman–Crippen MR) is 30.0 cm³/mol. The van der Waals surface area contributed by atoms with Gasteiger partial charge in [-0.1, -0.05) is 6.92 Å². The summed E-state index contributed by atoms with van der Waals surface area (Å²) in [7, 11) is 0. The summed E-state index contributed by atoms with van der Waals surface area (Å²) in [5.41, 5.74) is 0.932. The van der Waals surface area contributed by atoms with Gasteiger partial charge < -0.3 is 0 Å². The van der Waals surface area contributed by atoms with Gasteiger partial charge in [0.15, 0.2) is 0 Å². The first kappa shape index (κ1) is 9.59. The van der Waals surface area contributed by atoms with Crippen LogP contribution < -0.4 is 0 Å². The van der Waals surface area contributed by atoms with Crippen LogP contribution >= 0.6 is 0 Å². The summed E-state index contributed by atoms with van der Waals surface area (Å²) >= 11 is 0. The number of hydrogen-bond acceptors (Lipinski definition) is 0. The van der Waals surface area contributed by atoms with Crippen molar-refractivity contribution in [1.82, 2.24) is 0 Å². The van der Waals surface area contributed by atoms with Crippen molar-refractivity contribution in [2.24, 2.45) is 0 Å². The Balaban J connectivity index is 0.000000640. The molecular formula is C7H6AcF-. The molecule has 9 heavy (non-hydrogen) atoms. The van der Waals surface area contributed by atoms with Crippen LogP contribution in [0.4, 0.5) is 4.39 Å². The largest absolute Gasteiger partial charge is 0.236 e. The Labute approximate surface area is 90.0 Å². The van der Waals surface area contributed by atoms with Crippen molar-refractivity contribution < 1.29 is 48.5 Å². The molecule has 0 spiro atoms. The van der Waals surface area contributed by atoms with Gasteiger partial charge in [-0.25, -0.2) is 4.39 Å². The van der Waals surface area contributed by atoms with Gasteiger partial charge >= 0.3 is 0 Å². The van der Waals surface area contributed by atoms with Crippen molar-refractivity contribution in [3.05, 3.63) is 35.6 Å². The molecule has 0 saturated carbocycles. The molecule has 0 unspecified atom stereocenters. The van der Waals surface area contributed by atoms with E-state index >= 15 is 0 Å². The molecule has 0 aliphatic rings. The Hall–Kier alpha value is 0.592. The van der Waals surface area contributed by atoms with Crippen LogP contribution in [0, 0.1) is 62.9 Å². The molecule has 0 aliphatic carbocycles. The van der Waals surface area contributed by atoms with Crippen LogP contribution in [-0.2, 0) is 0 Å². The smallest absolute Gasteiger partial charge is 0.0111 e. The van der Waals surface area contributed by atoms with Crippen LogP contribution in [0.5, 0.6) is 0 Å². The molecule has 1 aromatic carbocycles. The molecule has 2 heteroatoms. The molecule has 0 saturated heterocycles. The van der Waals surface area contributed by atoms with E-state index in [2.05, 4.69) is 6.07 Å². The number of hydrogen-bond donors (Lipinski definition) is 0. The van der Waals surface area contributed by atoms with Crippen LogP contribution in [0.25, 0.3) is 0 Å². The zero-order valence-corrected chi connectivity index (χ0v) is 9.93. The Bertz CT molecular complexity index is 169. The van der Waals surface area contributed by atoms with E-state index in [1.54, 1.807) is 6.07 Å². The SMILES string of the molecule is Cc1cc[c-]c(F)c1.[Ac]. The third kappa shape index (κ3) is 3.33. The number of halogens is 1. The standard InChI is InChI=1S/C7H6F.Ac/c1-6-3-2-4-7(8)5-6;/h2-3,5H,1H3;/q-1;. The molecule has 0 atom stereocenters. The number of rotatable bonds is 0. The maximum absolute atomic E-state index is 12.1. The van der Waals surface area contributed by atoms with Crippen molar-refractivity contribution in [2.45, 2.75) is 6.92 Å². The summed E-state index contributed by atoms with van der Waals surface area (Å²) in [6, 6.07) is 7.23. The topological polar surface area (TPSA) is 0 Å². The van der Waals surface area contributed by atoms with Crippen molar-refractivity contribution in [3.8, 4) is 0 Å². The molecule has 45 valence electrons. The molecule has 0 heterocycles. The summed E-state index contributed by atoms with van der Waals surface area (Å²) in [6.07, 6.45) is 0. The van der Waals surface area contributed by atoms with Crippen LogP contribution in [0.15, 0.2) is 18.2 Å². The Morgan fingerprint density at radius 1 is 1.56 bits per heavy atom. The van der Waals surface area contributed by atoms with Crippen molar-refractivity contribution in [3.63, 3.8) is 0 Å². The second-order valence-corrected chi connectivity index (χ2v) is 1.71. The van der Waals surface area contributed by atoms with Gasteiger partial charge in [-0.2, -0.15) is 17.7 Å². The van der Waals surface area contributed by atoms with Gasteiger partial charge in [-0.3, -0.25) is 0 Å². The maximum Gasteiger partial charge on any atom is 0.0111 e. The zero-order valence-electron chi connectivity index (χ0n) is 5.19. The zero-order chi connectivity index (χ0) is 5.98. The quantitative estimate of drug-likeness (QED) is 0.636. The first-order valence-corrected chi connectivity index (χ1v) is 2.43. The molecule has 0 fully saturated rings. The number of aryl methyl sites for hydroxylation is 1. The van der Waals surface area contributed by atoms with Crippen molar-refractivity contribution >= 4 is 0 Å². The fourth-order valence-corrected chi connectivity index (χ4v) is 0.542. The van der Waals surface area contributed by atoms with E-state index in [4.69, 9.17) is 0 Å². The number of benzene rings is 1. The van der Waals surface area contributed by atoms with Gasteiger partial charge in [0.2, 0.25) is 0 Å². The van der Waals surface area contributed by atoms with E-state index in [1.165, 1.54) is 6.07 Å². The van der Waals surface area contributed by atoms with Gasteiger partial charge in [0.1, 0.15) is 0 Å². The Morgan fingerprint density at radius 2 is 2.22 bits per heavy atom. The minimum absolute atomic E-state index is 0. The van der Waals surface area contributed by atoms with E-state index in [0.717, 1.165) is 5.56 Å². The second kappa shape index (κ2) is 4.41. The van der Waals surface area contributed by atoms with Crippen molar-refractivity contribution in [1.29, 1.82) is 0 Å². The summed E-state index contributed by atoms with van der Waals surface area (Å²) in [5.74, 6) is -0.287. The van der Waals surface area contributed by atoms with E-state index < -0.39 is 0 Å². The van der Waals surface area contributed by atoms with Gasteiger partial charge in [0, 0.05) is 49.9 Å². The Morgan fingerprint density at radius 3 is 2.56 bits per heavy atom. The minimum atomic E-state index is -0.287. The molecule has 0 bridgehead atoms. The molecule has 0 amide bonds. The predicted octanol–water partition coefficient (Wildman–Crippen LogP) is 1.93.